The van der Waals surface area contributed by atoms with Crippen LogP contribution in [0.2, 0.25) is 0 Å². The van der Waals surface area contributed by atoms with Crippen LogP contribution in [0.1, 0.15) is 37.7 Å². The fourth-order valence-electron chi connectivity index (χ4n) is 3.43. The molecule has 2 aliphatic rings. The quantitative estimate of drug-likeness (QED) is 0.408. The second-order valence-corrected chi connectivity index (χ2v) is 7.69. The molecule has 154 valence electrons. The predicted molar refractivity (Wildman–Crippen MR) is 107 cm³/mol. The third-order valence-electron chi connectivity index (χ3n) is 4.91. The highest BCUT2D eigenvalue weighted by molar-refractivity contribution is 9.10. The third-order valence-corrected chi connectivity index (χ3v) is 5.53. The maximum Gasteiger partial charge on any atom is 0.343 e. The number of esters is 1. The molecule has 1 aliphatic carbocycles. The maximum absolute atomic E-state index is 12.9. The molecule has 9 heteroatoms. The molecule has 0 bridgehead atoms. The molecule has 0 spiro atoms. The molecular formula is C20H21BrN2O6. The number of barbiturate groups is 1. The molecule has 0 radical (unpaired) electrons. The van der Waals surface area contributed by atoms with Crippen molar-refractivity contribution in [2.75, 3.05) is 13.7 Å². The number of hydrogen-bond donors (Lipinski definition) is 1. The molecule has 1 aromatic rings. The number of imide groups is 2. The van der Waals surface area contributed by atoms with E-state index in [0.717, 1.165) is 32.1 Å². The van der Waals surface area contributed by atoms with Crippen LogP contribution in [0.15, 0.2) is 28.2 Å². The second kappa shape index (κ2) is 9.21. The van der Waals surface area contributed by atoms with Crippen molar-refractivity contribution in [2.24, 2.45) is 0 Å². The molecule has 1 aromatic carbocycles. The third kappa shape index (κ3) is 4.84. The van der Waals surface area contributed by atoms with Crippen LogP contribution < -0.4 is 10.1 Å². The molecule has 0 atom stereocenters. The van der Waals surface area contributed by atoms with Gasteiger partial charge in [0.1, 0.15) is 11.3 Å². The summed E-state index contributed by atoms with van der Waals surface area (Å²) in [5, 5.41) is 2.26. The molecule has 1 saturated heterocycles. The van der Waals surface area contributed by atoms with Gasteiger partial charge >= 0.3 is 12.0 Å². The van der Waals surface area contributed by atoms with E-state index in [0.29, 0.717) is 15.8 Å². The first-order valence-corrected chi connectivity index (χ1v) is 10.1. The molecule has 3 rings (SSSR count). The van der Waals surface area contributed by atoms with Crippen molar-refractivity contribution in [1.82, 2.24) is 10.2 Å². The molecule has 1 aliphatic heterocycles. The summed E-state index contributed by atoms with van der Waals surface area (Å²) < 4.78 is 10.4. The highest BCUT2D eigenvalue weighted by Gasteiger charge is 2.40. The van der Waals surface area contributed by atoms with Gasteiger partial charge in [-0.25, -0.2) is 9.59 Å². The zero-order valence-electron chi connectivity index (χ0n) is 15.9. The number of rotatable bonds is 5. The van der Waals surface area contributed by atoms with Gasteiger partial charge in [-0.2, -0.15) is 0 Å². The fourth-order valence-corrected chi connectivity index (χ4v) is 3.94. The molecule has 0 unspecified atom stereocenters. The van der Waals surface area contributed by atoms with Gasteiger partial charge in [0, 0.05) is 6.04 Å². The van der Waals surface area contributed by atoms with E-state index in [4.69, 9.17) is 4.74 Å². The fraction of sp³-hybridized carbons (Fsp3) is 0.400. The summed E-state index contributed by atoms with van der Waals surface area (Å²) in [4.78, 5) is 49.8. The minimum absolute atomic E-state index is 0.0923. The van der Waals surface area contributed by atoms with Gasteiger partial charge in [0.25, 0.3) is 11.8 Å². The first kappa shape index (κ1) is 21.0. The smallest absolute Gasteiger partial charge is 0.343 e. The van der Waals surface area contributed by atoms with E-state index in [1.165, 1.54) is 18.1 Å². The molecule has 1 N–H and O–H groups in total. The number of carbonyl (C=O) groups excluding carboxylic acids is 4. The Morgan fingerprint density at radius 2 is 1.97 bits per heavy atom. The number of ether oxygens (including phenoxy) is 2. The van der Waals surface area contributed by atoms with Crippen LogP contribution in [0.5, 0.6) is 5.75 Å². The lowest BCUT2D eigenvalue weighted by atomic mass is 9.93. The van der Waals surface area contributed by atoms with E-state index >= 15 is 0 Å². The normalized spacial score (nSPS) is 19.3. The first-order valence-electron chi connectivity index (χ1n) is 9.30. The molecular weight excluding hydrogens is 444 g/mol. The lowest BCUT2D eigenvalue weighted by Gasteiger charge is -2.35. The van der Waals surface area contributed by atoms with Gasteiger partial charge < -0.3 is 9.47 Å². The number of urea groups is 1. The van der Waals surface area contributed by atoms with E-state index < -0.39 is 23.8 Å². The summed E-state index contributed by atoms with van der Waals surface area (Å²) in [5.41, 5.74) is 0.476. The van der Waals surface area contributed by atoms with Crippen molar-refractivity contribution in [1.29, 1.82) is 0 Å². The highest BCUT2D eigenvalue weighted by Crippen LogP contribution is 2.29. The Kier molecular flexibility index (Phi) is 6.68. The van der Waals surface area contributed by atoms with Crippen molar-refractivity contribution >= 4 is 45.8 Å². The van der Waals surface area contributed by atoms with Crippen LogP contribution >= 0.6 is 15.9 Å². The number of nitrogens with zero attached hydrogens (tertiary/aromatic N) is 1. The number of amides is 4. The van der Waals surface area contributed by atoms with Crippen LogP contribution in [-0.4, -0.2) is 48.5 Å². The first-order chi connectivity index (χ1) is 13.9. The Morgan fingerprint density at radius 3 is 2.62 bits per heavy atom. The summed E-state index contributed by atoms with van der Waals surface area (Å²) in [5.74, 6) is -1.39. The highest BCUT2D eigenvalue weighted by atomic mass is 79.9. The van der Waals surface area contributed by atoms with E-state index in [1.807, 2.05) is 0 Å². The van der Waals surface area contributed by atoms with E-state index in [1.54, 1.807) is 18.2 Å². The molecule has 0 aromatic heterocycles. The number of carbonyl (C=O) groups is 4. The Morgan fingerprint density at radius 1 is 1.24 bits per heavy atom. The number of halogens is 1. The minimum Gasteiger partial charge on any atom is -0.481 e. The Hall–Kier alpha value is -2.68. The number of benzene rings is 1. The molecule has 4 amide bonds. The van der Waals surface area contributed by atoms with Crippen LogP contribution in [0.3, 0.4) is 0 Å². The van der Waals surface area contributed by atoms with Crippen LogP contribution in [0, 0.1) is 0 Å². The summed E-state index contributed by atoms with van der Waals surface area (Å²) in [6.07, 6.45) is 5.93. The Labute approximate surface area is 176 Å². The summed E-state index contributed by atoms with van der Waals surface area (Å²) in [6.45, 7) is -0.241. The van der Waals surface area contributed by atoms with Gasteiger partial charge in [-0.15, -0.1) is 0 Å². The second-order valence-electron chi connectivity index (χ2n) is 6.84. The number of nitrogens with one attached hydrogen (secondary N) is 1. The van der Waals surface area contributed by atoms with Crippen molar-refractivity contribution in [3.63, 3.8) is 0 Å². The molecule has 29 heavy (non-hydrogen) atoms. The molecule has 2 fully saturated rings. The maximum atomic E-state index is 12.9. The van der Waals surface area contributed by atoms with Gasteiger partial charge in [-0.1, -0.05) is 25.3 Å². The van der Waals surface area contributed by atoms with Gasteiger partial charge in [-0.05, 0) is 52.5 Å². The topological polar surface area (TPSA) is 102 Å². The molecule has 1 heterocycles. The monoisotopic (exact) mass is 464 g/mol. The van der Waals surface area contributed by atoms with Crippen LogP contribution in [-0.2, 0) is 19.1 Å². The minimum atomic E-state index is -0.714. The summed E-state index contributed by atoms with van der Waals surface area (Å²) in [6, 6.07) is 4.06. The van der Waals surface area contributed by atoms with Gasteiger partial charge in [0.2, 0.25) is 0 Å². The Balaban J connectivity index is 1.81. The van der Waals surface area contributed by atoms with Crippen molar-refractivity contribution in [3.8, 4) is 5.75 Å². The predicted octanol–water partition coefficient (Wildman–Crippen LogP) is 2.80. The number of hydrogen-bond acceptors (Lipinski definition) is 6. The average molecular weight is 465 g/mol. The Bertz CT molecular complexity index is 876. The average Bonchev–Trinajstić information content (AvgIpc) is 2.71. The SMILES string of the molecule is COC(=O)COc1ccc(C=C2C(=O)NC(=O)N(C3CCCCC3)C2=O)cc1Br. The lowest BCUT2D eigenvalue weighted by Crippen LogP contribution is -2.58. The standard InChI is InChI=1S/C20H21BrN2O6/c1-28-17(24)11-29-16-8-7-12(10-15(16)21)9-14-18(25)22-20(27)23(19(14)26)13-5-3-2-4-6-13/h7-10,13H,2-6,11H2,1H3,(H,22,25,27). The van der Waals surface area contributed by atoms with Crippen molar-refractivity contribution in [3.05, 3.63) is 33.8 Å². The molecule has 8 nitrogen and oxygen atoms in total. The van der Waals surface area contributed by atoms with Gasteiger partial charge in [0.05, 0.1) is 11.6 Å². The van der Waals surface area contributed by atoms with Gasteiger partial charge in [-0.3, -0.25) is 19.8 Å². The van der Waals surface area contributed by atoms with E-state index in [-0.39, 0.29) is 18.2 Å². The van der Waals surface area contributed by atoms with Crippen LogP contribution in [0.25, 0.3) is 6.08 Å². The zero-order chi connectivity index (χ0) is 21.0. The van der Waals surface area contributed by atoms with E-state index in [9.17, 15) is 19.2 Å². The number of methoxy groups -OCH3 is 1. The summed E-state index contributed by atoms with van der Waals surface area (Å²) in [7, 11) is 1.27. The largest absolute Gasteiger partial charge is 0.481 e. The zero-order valence-corrected chi connectivity index (χ0v) is 17.5. The van der Waals surface area contributed by atoms with Crippen molar-refractivity contribution in [2.45, 2.75) is 38.1 Å². The van der Waals surface area contributed by atoms with Gasteiger partial charge in [0.15, 0.2) is 6.61 Å². The van der Waals surface area contributed by atoms with Crippen molar-refractivity contribution < 1.29 is 28.7 Å². The summed E-state index contributed by atoms with van der Waals surface area (Å²) >= 11 is 3.34. The molecule has 1 saturated carbocycles. The lowest BCUT2D eigenvalue weighted by molar-refractivity contribution is -0.143. The van der Waals surface area contributed by atoms with Crippen LogP contribution in [0.4, 0.5) is 4.79 Å². The van der Waals surface area contributed by atoms with E-state index in [2.05, 4.69) is 26.0 Å².